The molecular formula is C20H22N2O4. The predicted octanol–water partition coefficient (Wildman–Crippen LogP) is 3.81. The molecule has 1 aromatic heterocycles. The van der Waals surface area contributed by atoms with E-state index >= 15 is 0 Å². The molecule has 0 unspecified atom stereocenters. The molecule has 0 spiro atoms. The number of oxazole rings is 1. The molecule has 2 aromatic carbocycles. The quantitative estimate of drug-likeness (QED) is 0.756. The summed E-state index contributed by atoms with van der Waals surface area (Å²) in [6, 6.07) is 10.9. The fourth-order valence-corrected chi connectivity index (χ4v) is 2.90. The Morgan fingerprint density at radius 2 is 1.96 bits per heavy atom. The minimum atomic E-state index is -0.406. The first-order valence-corrected chi connectivity index (χ1v) is 8.50. The minimum absolute atomic E-state index is 0.00431. The van der Waals surface area contributed by atoms with Crippen LogP contribution in [-0.4, -0.2) is 17.1 Å². The van der Waals surface area contributed by atoms with Crippen molar-refractivity contribution in [2.24, 2.45) is 0 Å². The van der Waals surface area contributed by atoms with E-state index in [0.29, 0.717) is 22.5 Å². The van der Waals surface area contributed by atoms with Gasteiger partial charge in [0, 0.05) is 17.8 Å². The minimum Gasteiger partial charge on any atom is -0.483 e. The third kappa shape index (κ3) is 3.64. The Labute approximate surface area is 151 Å². The zero-order chi connectivity index (χ0) is 18.8. The van der Waals surface area contributed by atoms with Crippen LogP contribution in [0.2, 0.25) is 0 Å². The topological polar surface area (TPSA) is 73.5 Å². The molecule has 1 heterocycles. The van der Waals surface area contributed by atoms with E-state index in [4.69, 9.17) is 9.15 Å². The van der Waals surface area contributed by atoms with Crippen LogP contribution in [0.1, 0.15) is 31.0 Å². The van der Waals surface area contributed by atoms with Crippen molar-refractivity contribution in [2.75, 3.05) is 11.9 Å². The van der Waals surface area contributed by atoms with Gasteiger partial charge in [0.15, 0.2) is 12.2 Å². The molecule has 0 bridgehead atoms. The number of nitrogens with one attached hydrogen (secondary N) is 1. The molecule has 0 atom stereocenters. The number of anilines is 1. The molecular weight excluding hydrogens is 332 g/mol. The molecule has 6 heteroatoms. The number of hydrogen-bond acceptors (Lipinski definition) is 4. The van der Waals surface area contributed by atoms with Crippen LogP contribution in [0, 0.1) is 13.8 Å². The standard InChI is InChI=1S/C20H22N2O4/c1-12(2)22-16-7-6-15(10-18(16)26-20(22)24)21-19(23)11-25-17-8-5-13(3)9-14(17)4/h5-10,12H,11H2,1-4H3,(H,21,23). The summed E-state index contributed by atoms with van der Waals surface area (Å²) in [5, 5.41) is 2.76. The Hall–Kier alpha value is -3.02. The monoisotopic (exact) mass is 354 g/mol. The van der Waals surface area contributed by atoms with Gasteiger partial charge in [0.05, 0.1) is 5.52 Å². The van der Waals surface area contributed by atoms with Gasteiger partial charge in [-0.2, -0.15) is 0 Å². The van der Waals surface area contributed by atoms with Crippen LogP contribution in [0.15, 0.2) is 45.6 Å². The third-order valence-electron chi connectivity index (χ3n) is 4.10. The Morgan fingerprint density at radius 3 is 2.65 bits per heavy atom. The second kappa shape index (κ2) is 7.07. The fraction of sp³-hybridized carbons (Fsp3) is 0.300. The summed E-state index contributed by atoms with van der Waals surface area (Å²) in [6.45, 7) is 7.67. The van der Waals surface area contributed by atoms with Crippen LogP contribution in [-0.2, 0) is 4.79 Å². The van der Waals surface area contributed by atoms with Gasteiger partial charge in [0.25, 0.3) is 5.91 Å². The molecule has 3 aromatic rings. The molecule has 3 rings (SSSR count). The van der Waals surface area contributed by atoms with E-state index in [1.165, 1.54) is 0 Å². The Bertz CT molecular complexity index is 1010. The Kier molecular flexibility index (Phi) is 4.84. The SMILES string of the molecule is Cc1ccc(OCC(=O)Nc2ccc3c(c2)oc(=O)n3C(C)C)c(C)c1. The van der Waals surface area contributed by atoms with Gasteiger partial charge in [-0.3, -0.25) is 9.36 Å². The van der Waals surface area contributed by atoms with Crippen molar-refractivity contribution in [1.82, 2.24) is 4.57 Å². The number of aromatic nitrogens is 1. The van der Waals surface area contributed by atoms with Crippen molar-refractivity contribution in [1.29, 1.82) is 0 Å². The average Bonchev–Trinajstić information content (AvgIpc) is 2.89. The summed E-state index contributed by atoms with van der Waals surface area (Å²) in [7, 11) is 0. The average molecular weight is 354 g/mol. The van der Waals surface area contributed by atoms with Crippen LogP contribution < -0.4 is 15.8 Å². The van der Waals surface area contributed by atoms with E-state index in [0.717, 1.165) is 11.1 Å². The maximum atomic E-state index is 12.1. The lowest BCUT2D eigenvalue weighted by Gasteiger charge is -2.10. The van der Waals surface area contributed by atoms with Crippen molar-refractivity contribution >= 4 is 22.7 Å². The van der Waals surface area contributed by atoms with Crippen molar-refractivity contribution in [3.63, 3.8) is 0 Å². The van der Waals surface area contributed by atoms with Gasteiger partial charge in [0.2, 0.25) is 0 Å². The largest absolute Gasteiger partial charge is 0.483 e. The third-order valence-corrected chi connectivity index (χ3v) is 4.10. The lowest BCUT2D eigenvalue weighted by Crippen LogP contribution is -2.20. The molecule has 1 amide bonds. The molecule has 136 valence electrons. The van der Waals surface area contributed by atoms with Crippen LogP contribution >= 0.6 is 0 Å². The smallest absolute Gasteiger partial charge is 0.420 e. The summed E-state index contributed by atoms with van der Waals surface area (Å²) < 4.78 is 12.4. The number of aryl methyl sites for hydroxylation is 2. The zero-order valence-corrected chi connectivity index (χ0v) is 15.3. The number of amides is 1. The summed E-state index contributed by atoms with van der Waals surface area (Å²) in [5.74, 6) is -0.00664. The summed E-state index contributed by atoms with van der Waals surface area (Å²) in [4.78, 5) is 24.1. The van der Waals surface area contributed by atoms with E-state index in [-0.39, 0.29) is 18.6 Å². The van der Waals surface area contributed by atoms with E-state index in [1.54, 1.807) is 22.8 Å². The molecule has 0 saturated carbocycles. The van der Waals surface area contributed by atoms with Crippen molar-refractivity contribution in [2.45, 2.75) is 33.7 Å². The second-order valence-corrected chi connectivity index (χ2v) is 6.62. The number of benzene rings is 2. The number of ether oxygens (including phenoxy) is 1. The molecule has 0 aliphatic carbocycles. The van der Waals surface area contributed by atoms with Crippen LogP contribution in [0.3, 0.4) is 0 Å². The number of rotatable bonds is 5. The Balaban J connectivity index is 1.70. The van der Waals surface area contributed by atoms with Gasteiger partial charge >= 0.3 is 5.76 Å². The maximum absolute atomic E-state index is 12.1. The molecule has 0 saturated heterocycles. The number of carbonyl (C=O) groups is 1. The van der Waals surface area contributed by atoms with Gasteiger partial charge in [-0.25, -0.2) is 4.79 Å². The van der Waals surface area contributed by atoms with Gasteiger partial charge in [0.1, 0.15) is 5.75 Å². The number of fused-ring (bicyclic) bond motifs is 1. The van der Waals surface area contributed by atoms with Crippen LogP contribution in [0.5, 0.6) is 5.75 Å². The lowest BCUT2D eigenvalue weighted by molar-refractivity contribution is -0.118. The molecule has 1 N–H and O–H groups in total. The summed E-state index contributed by atoms with van der Waals surface area (Å²) in [6.07, 6.45) is 0. The molecule has 0 radical (unpaired) electrons. The summed E-state index contributed by atoms with van der Waals surface area (Å²) >= 11 is 0. The second-order valence-electron chi connectivity index (χ2n) is 6.62. The van der Waals surface area contributed by atoms with Gasteiger partial charge in [-0.05, 0) is 51.5 Å². The van der Waals surface area contributed by atoms with E-state index < -0.39 is 5.76 Å². The van der Waals surface area contributed by atoms with E-state index in [1.807, 2.05) is 45.9 Å². The van der Waals surface area contributed by atoms with E-state index in [9.17, 15) is 9.59 Å². The molecule has 0 aliphatic rings. The van der Waals surface area contributed by atoms with E-state index in [2.05, 4.69) is 5.32 Å². The zero-order valence-electron chi connectivity index (χ0n) is 15.3. The first kappa shape index (κ1) is 17.8. The van der Waals surface area contributed by atoms with Crippen molar-refractivity contribution in [3.05, 3.63) is 58.1 Å². The Morgan fingerprint density at radius 1 is 1.19 bits per heavy atom. The van der Waals surface area contributed by atoms with Crippen molar-refractivity contribution < 1.29 is 13.9 Å². The highest BCUT2D eigenvalue weighted by Gasteiger charge is 2.13. The first-order valence-electron chi connectivity index (χ1n) is 8.50. The lowest BCUT2D eigenvalue weighted by atomic mass is 10.1. The fourth-order valence-electron chi connectivity index (χ4n) is 2.90. The number of carbonyl (C=O) groups excluding carboxylic acids is 1. The highest BCUT2D eigenvalue weighted by Crippen LogP contribution is 2.21. The summed E-state index contributed by atoms with van der Waals surface area (Å²) in [5.41, 5.74) is 3.82. The number of nitrogens with zero attached hydrogens (tertiary/aromatic N) is 1. The predicted molar refractivity (Wildman–Crippen MR) is 101 cm³/mol. The van der Waals surface area contributed by atoms with Gasteiger partial charge in [-0.1, -0.05) is 17.7 Å². The molecule has 0 fully saturated rings. The number of hydrogen-bond donors (Lipinski definition) is 1. The molecule has 6 nitrogen and oxygen atoms in total. The van der Waals surface area contributed by atoms with Crippen LogP contribution in [0.25, 0.3) is 11.1 Å². The van der Waals surface area contributed by atoms with Crippen molar-refractivity contribution in [3.8, 4) is 5.75 Å². The van der Waals surface area contributed by atoms with Gasteiger partial charge in [-0.15, -0.1) is 0 Å². The maximum Gasteiger partial charge on any atom is 0.420 e. The highest BCUT2D eigenvalue weighted by molar-refractivity contribution is 5.93. The normalized spacial score (nSPS) is 11.1. The van der Waals surface area contributed by atoms with Gasteiger partial charge < -0.3 is 14.5 Å². The first-order chi connectivity index (χ1) is 12.3. The molecule has 0 aliphatic heterocycles. The highest BCUT2D eigenvalue weighted by atomic mass is 16.5. The van der Waals surface area contributed by atoms with Crippen LogP contribution in [0.4, 0.5) is 5.69 Å². The molecule has 26 heavy (non-hydrogen) atoms.